The molecule has 0 aliphatic carbocycles. The third-order valence-electron chi connectivity index (χ3n) is 1.89. The summed E-state index contributed by atoms with van der Waals surface area (Å²) in [7, 11) is 0. The fourth-order valence-corrected chi connectivity index (χ4v) is 2.04. The summed E-state index contributed by atoms with van der Waals surface area (Å²) in [5.41, 5.74) is 6.18. The van der Waals surface area contributed by atoms with E-state index in [1.165, 1.54) is 6.20 Å². The number of nitrogen functional groups attached to an aromatic ring is 1. The maximum absolute atomic E-state index is 5.70. The third kappa shape index (κ3) is 2.59. The quantitative estimate of drug-likeness (QED) is 0.822. The lowest BCUT2D eigenvalue weighted by Crippen LogP contribution is -2.04. The van der Waals surface area contributed by atoms with E-state index in [1.807, 2.05) is 13.1 Å². The predicted molar refractivity (Wildman–Crippen MR) is 65.6 cm³/mol. The smallest absolute Gasteiger partial charge is 0.224 e. The lowest BCUT2D eigenvalue weighted by molar-refractivity contribution is 1.10. The Morgan fingerprint density at radius 1 is 1.44 bits per heavy atom. The van der Waals surface area contributed by atoms with E-state index in [4.69, 9.17) is 17.3 Å². The van der Waals surface area contributed by atoms with Gasteiger partial charge in [-0.25, -0.2) is 9.97 Å². The monoisotopic (exact) mass is 255 g/mol. The first-order valence-corrected chi connectivity index (χ1v) is 5.78. The second kappa shape index (κ2) is 4.63. The standard InChI is InChI=1S/C9H10ClN5S/c1-5-12-2-6(16-5)3-13-8-7(11)4-14-9(10)15-8/h2,4H,3,11H2,1H3,(H,13,14,15). The average Bonchev–Trinajstić information content (AvgIpc) is 2.66. The minimum Gasteiger partial charge on any atom is -0.394 e. The van der Waals surface area contributed by atoms with Crippen molar-refractivity contribution in [3.63, 3.8) is 0 Å². The minimum atomic E-state index is 0.178. The van der Waals surface area contributed by atoms with Crippen LogP contribution in [0, 0.1) is 6.92 Å². The van der Waals surface area contributed by atoms with Crippen LogP contribution in [0.4, 0.5) is 11.5 Å². The van der Waals surface area contributed by atoms with E-state index < -0.39 is 0 Å². The summed E-state index contributed by atoms with van der Waals surface area (Å²) < 4.78 is 0. The summed E-state index contributed by atoms with van der Waals surface area (Å²) in [6.45, 7) is 2.59. The van der Waals surface area contributed by atoms with Crippen LogP contribution >= 0.6 is 22.9 Å². The van der Waals surface area contributed by atoms with Gasteiger partial charge in [0.2, 0.25) is 5.28 Å². The van der Waals surface area contributed by atoms with Crippen LogP contribution in [0.3, 0.4) is 0 Å². The molecule has 0 aromatic carbocycles. The van der Waals surface area contributed by atoms with Crippen molar-refractivity contribution < 1.29 is 0 Å². The number of nitrogens with two attached hydrogens (primary N) is 1. The first-order valence-electron chi connectivity index (χ1n) is 4.58. The van der Waals surface area contributed by atoms with Crippen LogP contribution in [0.5, 0.6) is 0 Å². The molecule has 0 bridgehead atoms. The van der Waals surface area contributed by atoms with E-state index >= 15 is 0 Å². The van der Waals surface area contributed by atoms with E-state index in [0.717, 1.165) is 9.88 Å². The number of nitrogens with zero attached hydrogens (tertiary/aromatic N) is 3. The van der Waals surface area contributed by atoms with Gasteiger partial charge in [-0.15, -0.1) is 11.3 Å². The van der Waals surface area contributed by atoms with Gasteiger partial charge in [-0.3, -0.25) is 0 Å². The Labute approximate surface area is 102 Å². The maximum atomic E-state index is 5.70. The highest BCUT2D eigenvalue weighted by Gasteiger charge is 2.04. The molecular formula is C9H10ClN5S. The number of anilines is 2. The zero-order valence-corrected chi connectivity index (χ0v) is 10.1. The van der Waals surface area contributed by atoms with Crippen LogP contribution in [0.15, 0.2) is 12.4 Å². The molecule has 3 N–H and O–H groups in total. The van der Waals surface area contributed by atoms with Gasteiger partial charge in [-0.05, 0) is 18.5 Å². The number of aryl methyl sites for hydroxylation is 1. The molecule has 0 amide bonds. The molecule has 7 heteroatoms. The molecule has 0 saturated carbocycles. The molecule has 0 unspecified atom stereocenters. The Morgan fingerprint density at radius 2 is 2.25 bits per heavy atom. The molecule has 0 radical (unpaired) electrons. The van der Waals surface area contributed by atoms with Crippen molar-refractivity contribution in [3.8, 4) is 0 Å². The predicted octanol–water partition coefficient (Wildman–Crippen LogP) is 2.09. The topological polar surface area (TPSA) is 76.7 Å². The van der Waals surface area contributed by atoms with Crippen molar-refractivity contribution in [2.24, 2.45) is 0 Å². The molecule has 0 atom stereocenters. The number of nitrogens with one attached hydrogen (secondary N) is 1. The Morgan fingerprint density at radius 3 is 2.94 bits per heavy atom. The van der Waals surface area contributed by atoms with E-state index in [-0.39, 0.29) is 5.28 Å². The zero-order valence-electron chi connectivity index (χ0n) is 8.57. The lowest BCUT2D eigenvalue weighted by atomic mass is 10.4. The maximum Gasteiger partial charge on any atom is 0.224 e. The lowest BCUT2D eigenvalue weighted by Gasteiger charge is -2.06. The summed E-state index contributed by atoms with van der Waals surface area (Å²) in [6.07, 6.45) is 3.31. The van der Waals surface area contributed by atoms with Gasteiger partial charge in [0, 0.05) is 11.1 Å². The second-order valence-electron chi connectivity index (χ2n) is 3.14. The molecule has 0 saturated heterocycles. The molecule has 2 heterocycles. The molecule has 0 aliphatic rings. The van der Waals surface area contributed by atoms with Crippen LogP contribution in [0.2, 0.25) is 5.28 Å². The molecule has 84 valence electrons. The Hall–Kier alpha value is -1.40. The summed E-state index contributed by atoms with van der Waals surface area (Å²) in [5.74, 6) is 0.547. The molecular weight excluding hydrogens is 246 g/mol. The van der Waals surface area contributed by atoms with Crippen molar-refractivity contribution in [2.75, 3.05) is 11.1 Å². The SMILES string of the molecule is Cc1ncc(CNc2nc(Cl)ncc2N)s1. The molecule has 2 aromatic rings. The number of hydrogen-bond donors (Lipinski definition) is 2. The second-order valence-corrected chi connectivity index (χ2v) is 4.80. The number of hydrogen-bond acceptors (Lipinski definition) is 6. The van der Waals surface area contributed by atoms with Crippen LogP contribution in [0.25, 0.3) is 0 Å². The van der Waals surface area contributed by atoms with Gasteiger partial charge in [-0.1, -0.05) is 0 Å². The largest absolute Gasteiger partial charge is 0.394 e. The first-order chi connectivity index (χ1) is 7.65. The van der Waals surface area contributed by atoms with Gasteiger partial charge in [0.25, 0.3) is 0 Å². The third-order valence-corrected chi connectivity index (χ3v) is 2.98. The van der Waals surface area contributed by atoms with Gasteiger partial charge >= 0.3 is 0 Å². The van der Waals surface area contributed by atoms with Crippen molar-refractivity contribution in [3.05, 3.63) is 27.6 Å². The highest BCUT2D eigenvalue weighted by Crippen LogP contribution is 2.18. The van der Waals surface area contributed by atoms with Crippen LogP contribution in [0.1, 0.15) is 9.88 Å². The summed E-state index contributed by atoms with van der Waals surface area (Å²) in [4.78, 5) is 13.0. The number of thiazole rings is 1. The Bertz CT molecular complexity index is 498. The van der Waals surface area contributed by atoms with Crippen molar-refractivity contribution in [2.45, 2.75) is 13.5 Å². The molecule has 0 spiro atoms. The van der Waals surface area contributed by atoms with Crippen molar-refractivity contribution in [1.29, 1.82) is 0 Å². The van der Waals surface area contributed by atoms with Gasteiger partial charge in [0.15, 0.2) is 5.82 Å². The Balaban J connectivity index is 2.07. The fourth-order valence-electron chi connectivity index (χ4n) is 1.17. The average molecular weight is 256 g/mol. The van der Waals surface area contributed by atoms with Crippen LogP contribution in [-0.2, 0) is 6.54 Å². The summed E-state index contributed by atoms with van der Waals surface area (Å²) in [6, 6.07) is 0. The first kappa shape index (κ1) is 11.1. The summed E-state index contributed by atoms with van der Waals surface area (Å²) >= 11 is 7.30. The molecule has 0 aliphatic heterocycles. The highest BCUT2D eigenvalue weighted by atomic mass is 35.5. The minimum absolute atomic E-state index is 0.178. The molecule has 2 rings (SSSR count). The van der Waals surface area contributed by atoms with Crippen molar-refractivity contribution in [1.82, 2.24) is 15.0 Å². The van der Waals surface area contributed by atoms with Gasteiger partial charge in [0.1, 0.15) is 0 Å². The van der Waals surface area contributed by atoms with Crippen molar-refractivity contribution >= 4 is 34.4 Å². The molecule has 16 heavy (non-hydrogen) atoms. The van der Waals surface area contributed by atoms with E-state index in [0.29, 0.717) is 18.1 Å². The number of halogens is 1. The molecule has 5 nitrogen and oxygen atoms in total. The number of rotatable bonds is 3. The van der Waals surface area contributed by atoms with Crippen LogP contribution in [-0.4, -0.2) is 15.0 Å². The van der Waals surface area contributed by atoms with E-state index in [1.54, 1.807) is 11.3 Å². The van der Waals surface area contributed by atoms with Gasteiger partial charge in [0.05, 0.1) is 23.4 Å². The number of aromatic nitrogens is 3. The Kier molecular flexibility index (Phi) is 3.21. The van der Waals surface area contributed by atoms with Gasteiger partial charge in [-0.2, -0.15) is 4.98 Å². The normalized spacial score (nSPS) is 10.4. The summed E-state index contributed by atoms with van der Waals surface area (Å²) in [5, 5.41) is 4.30. The zero-order chi connectivity index (χ0) is 11.5. The highest BCUT2D eigenvalue weighted by molar-refractivity contribution is 7.11. The molecule has 0 fully saturated rings. The van der Waals surface area contributed by atoms with E-state index in [9.17, 15) is 0 Å². The fraction of sp³-hybridized carbons (Fsp3) is 0.222. The van der Waals surface area contributed by atoms with E-state index in [2.05, 4.69) is 20.3 Å². The van der Waals surface area contributed by atoms with Crippen LogP contribution < -0.4 is 11.1 Å². The molecule has 2 aromatic heterocycles. The van der Waals surface area contributed by atoms with Gasteiger partial charge < -0.3 is 11.1 Å².